The molecule has 1 aliphatic carbocycles. The second-order valence-corrected chi connectivity index (χ2v) is 6.03. The van der Waals surface area contributed by atoms with Crippen LogP contribution in [0.15, 0.2) is 60.7 Å². The first kappa shape index (κ1) is 15.8. The summed E-state index contributed by atoms with van der Waals surface area (Å²) >= 11 is 0. The van der Waals surface area contributed by atoms with Crippen LogP contribution in [-0.4, -0.2) is 12.0 Å². The molecule has 2 aromatic carbocycles. The predicted octanol–water partition coefficient (Wildman–Crippen LogP) is 4.46. The first-order valence-corrected chi connectivity index (χ1v) is 8.39. The standard InChI is InChI=1S/C20H23NO2/c22-19(16-10-4-1-5-11-16)21-20(17-12-6-2-7-13-17)23-18-14-8-3-9-15-18/h1-2,4-7,10-13,18,20H,3,8-9,14-15H2,(H,21,22). The third-order valence-corrected chi connectivity index (χ3v) is 4.28. The van der Waals surface area contributed by atoms with Crippen molar-refractivity contribution < 1.29 is 9.53 Å². The molecule has 0 radical (unpaired) electrons. The van der Waals surface area contributed by atoms with Gasteiger partial charge >= 0.3 is 0 Å². The smallest absolute Gasteiger partial charge is 0.253 e. The first-order valence-electron chi connectivity index (χ1n) is 8.39. The van der Waals surface area contributed by atoms with Crippen LogP contribution in [0.4, 0.5) is 0 Å². The molecule has 1 amide bonds. The molecule has 1 fully saturated rings. The van der Waals surface area contributed by atoms with E-state index in [1.165, 1.54) is 19.3 Å². The summed E-state index contributed by atoms with van der Waals surface area (Å²) in [7, 11) is 0. The molecule has 0 aromatic heterocycles. The highest BCUT2D eigenvalue weighted by Gasteiger charge is 2.22. The summed E-state index contributed by atoms with van der Waals surface area (Å²) in [4.78, 5) is 12.5. The average molecular weight is 309 g/mol. The molecule has 0 heterocycles. The van der Waals surface area contributed by atoms with Crippen LogP contribution >= 0.6 is 0 Å². The van der Waals surface area contributed by atoms with Crippen molar-refractivity contribution in [2.75, 3.05) is 0 Å². The van der Waals surface area contributed by atoms with E-state index in [1.54, 1.807) is 0 Å². The van der Waals surface area contributed by atoms with Gasteiger partial charge in [-0.25, -0.2) is 0 Å². The molecular formula is C20H23NO2. The SMILES string of the molecule is O=C(NC(OC1CCCCC1)c1ccccc1)c1ccccc1. The number of nitrogens with one attached hydrogen (secondary N) is 1. The van der Waals surface area contributed by atoms with E-state index in [-0.39, 0.29) is 12.0 Å². The van der Waals surface area contributed by atoms with Crippen molar-refractivity contribution >= 4 is 5.91 Å². The fourth-order valence-corrected chi connectivity index (χ4v) is 3.01. The van der Waals surface area contributed by atoms with Crippen molar-refractivity contribution in [1.29, 1.82) is 0 Å². The Hall–Kier alpha value is -2.13. The van der Waals surface area contributed by atoms with Gasteiger partial charge in [0.1, 0.15) is 0 Å². The van der Waals surface area contributed by atoms with E-state index >= 15 is 0 Å². The van der Waals surface area contributed by atoms with Gasteiger partial charge in [-0.1, -0.05) is 67.8 Å². The number of hydrogen-bond acceptors (Lipinski definition) is 2. The van der Waals surface area contributed by atoms with Crippen LogP contribution in [0.25, 0.3) is 0 Å². The Morgan fingerprint density at radius 1 is 0.913 bits per heavy atom. The zero-order valence-corrected chi connectivity index (χ0v) is 13.3. The summed E-state index contributed by atoms with van der Waals surface area (Å²) in [5.41, 5.74) is 1.64. The van der Waals surface area contributed by atoms with Crippen LogP contribution in [0.5, 0.6) is 0 Å². The van der Waals surface area contributed by atoms with Crippen molar-refractivity contribution in [2.24, 2.45) is 0 Å². The highest BCUT2D eigenvalue weighted by Crippen LogP contribution is 2.26. The second kappa shape index (κ2) is 7.93. The molecule has 0 spiro atoms. The number of hydrogen-bond donors (Lipinski definition) is 1. The Morgan fingerprint density at radius 2 is 1.52 bits per heavy atom. The van der Waals surface area contributed by atoms with E-state index in [1.807, 2.05) is 60.7 Å². The lowest BCUT2D eigenvalue weighted by molar-refractivity contribution is -0.0439. The van der Waals surface area contributed by atoms with Crippen LogP contribution in [0.3, 0.4) is 0 Å². The number of ether oxygens (including phenoxy) is 1. The third-order valence-electron chi connectivity index (χ3n) is 4.28. The average Bonchev–Trinajstić information content (AvgIpc) is 2.63. The fourth-order valence-electron chi connectivity index (χ4n) is 3.01. The number of carbonyl (C=O) groups excluding carboxylic acids is 1. The molecule has 3 rings (SSSR count). The molecular weight excluding hydrogens is 286 g/mol. The van der Waals surface area contributed by atoms with Crippen molar-refractivity contribution in [1.82, 2.24) is 5.32 Å². The van der Waals surface area contributed by atoms with Crippen LogP contribution < -0.4 is 5.32 Å². The Balaban J connectivity index is 1.73. The van der Waals surface area contributed by atoms with Crippen molar-refractivity contribution in [3.05, 3.63) is 71.8 Å². The van der Waals surface area contributed by atoms with Gasteiger partial charge in [-0.05, 0) is 25.0 Å². The van der Waals surface area contributed by atoms with Gasteiger partial charge in [0.25, 0.3) is 5.91 Å². The van der Waals surface area contributed by atoms with E-state index in [9.17, 15) is 4.79 Å². The van der Waals surface area contributed by atoms with Gasteiger partial charge in [-0.3, -0.25) is 4.79 Å². The molecule has 3 nitrogen and oxygen atoms in total. The van der Waals surface area contributed by atoms with E-state index in [2.05, 4.69) is 5.32 Å². The van der Waals surface area contributed by atoms with Gasteiger partial charge < -0.3 is 10.1 Å². The lowest BCUT2D eigenvalue weighted by atomic mass is 9.97. The van der Waals surface area contributed by atoms with Crippen molar-refractivity contribution in [2.45, 2.75) is 44.4 Å². The first-order chi connectivity index (χ1) is 11.3. The molecule has 3 heteroatoms. The van der Waals surface area contributed by atoms with Gasteiger partial charge in [0.05, 0.1) is 6.10 Å². The summed E-state index contributed by atoms with van der Waals surface area (Å²) in [5.74, 6) is -0.102. The minimum atomic E-state index is -0.396. The van der Waals surface area contributed by atoms with Gasteiger partial charge in [0, 0.05) is 11.1 Å². The van der Waals surface area contributed by atoms with Crippen LogP contribution in [0.2, 0.25) is 0 Å². The van der Waals surface area contributed by atoms with E-state index in [0.717, 1.165) is 18.4 Å². The van der Waals surface area contributed by atoms with E-state index in [4.69, 9.17) is 4.74 Å². The molecule has 2 aromatic rings. The number of benzene rings is 2. The lowest BCUT2D eigenvalue weighted by Gasteiger charge is -2.28. The van der Waals surface area contributed by atoms with Gasteiger partial charge in [-0.15, -0.1) is 0 Å². The summed E-state index contributed by atoms with van der Waals surface area (Å²) < 4.78 is 6.24. The molecule has 1 atom stereocenters. The Morgan fingerprint density at radius 3 is 2.17 bits per heavy atom. The van der Waals surface area contributed by atoms with E-state index in [0.29, 0.717) is 5.56 Å². The van der Waals surface area contributed by atoms with Gasteiger partial charge in [0.15, 0.2) is 6.23 Å². The molecule has 23 heavy (non-hydrogen) atoms. The monoisotopic (exact) mass is 309 g/mol. The zero-order valence-electron chi connectivity index (χ0n) is 13.3. The molecule has 0 bridgehead atoms. The van der Waals surface area contributed by atoms with Crippen molar-refractivity contribution in [3.8, 4) is 0 Å². The molecule has 1 aliphatic rings. The maximum Gasteiger partial charge on any atom is 0.253 e. The quantitative estimate of drug-likeness (QED) is 0.828. The Kier molecular flexibility index (Phi) is 5.43. The molecule has 1 N–H and O–H groups in total. The highest BCUT2D eigenvalue weighted by atomic mass is 16.5. The number of amides is 1. The van der Waals surface area contributed by atoms with Crippen LogP contribution in [0, 0.1) is 0 Å². The maximum atomic E-state index is 12.5. The van der Waals surface area contributed by atoms with Crippen molar-refractivity contribution in [3.63, 3.8) is 0 Å². The zero-order chi connectivity index (χ0) is 15.9. The topological polar surface area (TPSA) is 38.3 Å². The Bertz CT molecular complexity index is 606. The number of carbonyl (C=O) groups is 1. The molecule has 120 valence electrons. The maximum absolute atomic E-state index is 12.5. The third kappa shape index (κ3) is 4.42. The normalized spacial score (nSPS) is 16.7. The molecule has 1 unspecified atom stereocenters. The minimum absolute atomic E-state index is 0.102. The largest absolute Gasteiger partial charge is 0.351 e. The molecule has 0 saturated heterocycles. The second-order valence-electron chi connectivity index (χ2n) is 6.03. The number of rotatable bonds is 5. The summed E-state index contributed by atoms with van der Waals surface area (Å²) in [6, 6.07) is 19.2. The fraction of sp³-hybridized carbons (Fsp3) is 0.350. The van der Waals surface area contributed by atoms with E-state index < -0.39 is 6.23 Å². The van der Waals surface area contributed by atoms with Gasteiger partial charge in [-0.2, -0.15) is 0 Å². The predicted molar refractivity (Wildman–Crippen MR) is 91.0 cm³/mol. The summed E-state index contributed by atoms with van der Waals surface area (Å²) in [5, 5.41) is 3.04. The Labute approximate surface area is 137 Å². The van der Waals surface area contributed by atoms with Crippen LogP contribution in [-0.2, 0) is 4.74 Å². The minimum Gasteiger partial charge on any atom is -0.351 e. The van der Waals surface area contributed by atoms with Gasteiger partial charge in [0.2, 0.25) is 0 Å². The lowest BCUT2D eigenvalue weighted by Crippen LogP contribution is -2.33. The summed E-state index contributed by atoms with van der Waals surface area (Å²) in [6.45, 7) is 0. The molecule has 0 aliphatic heterocycles. The van der Waals surface area contributed by atoms with Crippen LogP contribution in [0.1, 0.15) is 54.3 Å². The molecule has 1 saturated carbocycles. The highest BCUT2D eigenvalue weighted by molar-refractivity contribution is 5.94. The summed E-state index contributed by atoms with van der Waals surface area (Å²) in [6.07, 6.45) is 5.68.